The van der Waals surface area contributed by atoms with Crippen molar-refractivity contribution in [2.45, 2.75) is 51.4 Å². The Morgan fingerprint density at radius 1 is 0.967 bits per heavy atom. The number of aliphatic hydroxyl groups excluding tert-OH is 1. The molecule has 1 aromatic rings. The Bertz CT molecular complexity index is 771. The number of aliphatic hydroxyl groups is 1. The Kier molecular flexibility index (Phi) is 8.13. The molecule has 0 bridgehead atoms. The number of rotatable bonds is 6. The average Bonchev–Trinajstić information content (AvgIpc) is 2.65. The first-order valence-corrected chi connectivity index (χ1v) is 9.11. The molecular weight excluding hydrogens is 400 g/mol. The molecular formula is C19H24N2O9. The van der Waals surface area contributed by atoms with E-state index in [1.54, 1.807) is 30.3 Å². The van der Waals surface area contributed by atoms with Crippen molar-refractivity contribution in [3.05, 3.63) is 30.3 Å². The van der Waals surface area contributed by atoms with Crippen LogP contribution in [-0.2, 0) is 33.3 Å². The van der Waals surface area contributed by atoms with Crippen molar-refractivity contribution in [1.82, 2.24) is 5.32 Å². The fourth-order valence-corrected chi connectivity index (χ4v) is 2.91. The summed E-state index contributed by atoms with van der Waals surface area (Å²) >= 11 is 0. The second-order valence-corrected chi connectivity index (χ2v) is 6.51. The molecule has 30 heavy (non-hydrogen) atoms. The molecule has 5 atom stereocenters. The minimum atomic E-state index is -1.65. The minimum Gasteiger partial charge on any atom is -0.463 e. The summed E-state index contributed by atoms with van der Waals surface area (Å²) in [6.45, 7) is 3.05. The van der Waals surface area contributed by atoms with Crippen LogP contribution in [0.1, 0.15) is 20.8 Å². The average molecular weight is 424 g/mol. The van der Waals surface area contributed by atoms with Gasteiger partial charge in [0, 0.05) is 26.5 Å². The maximum Gasteiger partial charge on any atom is 0.319 e. The van der Waals surface area contributed by atoms with E-state index in [1.807, 2.05) is 0 Å². The molecule has 0 unspecified atom stereocenters. The second kappa shape index (κ2) is 10.6. The molecule has 0 aromatic heterocycles. The van der Waals surface area contributed by atoms with E-state index in [0.717, 1.165) is 13.8 Å². The lowest BCUT2D eigenvalue weighted by molar-refractivity contribution is -0.263. The molecule has 1 saturated heterocycles. The lowest BCUT2D eigenvalue weighted by Crippen LogP contribution is -2.66. The lowest BCUT2D eigenvalue weighted by atomic mass is 9.96. The second-order valence-electron chi connectivity index (χ2n) is 6.51. The monoisotopic (exact) mass is 424 g/mol. The van der Waals surface area contributed by atoms with Crippen LogP contribution < -0.4 is 10.6 Å². The number of anilines is 1. The van der Waals surface area contributed by atoms with Gasteiger partial charge in [0.1, 0.15) is 18.8 Å². The van der Waals surface area contributed by atoms with Crippen LogP contribution in [0.3, 0.4) is 0 Å². The van der Waals surface area contributed by atoms with Crippen LogP contribution in [0.15, 0.2) is 30.3 Å². The standard InChI is InChI=1S/C19H24N2O9/c1-10(22)27-9-14-16(28-11(2)23)17(29-12(3)24)15(18(25)30-14)21-19(26)20-13-7-5-4-6-8-13/h4-8,14-18,25H,9H2,1-3H3,(H2,20,21,26)/t14-,15-,16-,17-,18+/m1/s1. The highest BCUT2D eigenvalue weighted by atomic mass is 16.7. The maximum atomic E-state index is 12.4. The van der Waals surface area contributed by atoms with E-state index in [4.69, 9.17) is 18.9 Å². The van der Waals surface area contributed by atoms with Gasteiger partial charge in [-0.2, -0.15) is 0 Å². The van der Waals surface area contributed by atoms with Crippen molar-refractivity contribution in [3.8, 4) is 0 Å². The Morgan fingerprint density at radius 3 is 2.13 bits per heavy atom. The number of amides is 2. The third kappa shape index (κ3) is 6.71. The van der Waals surface area contributed by atoms with E-state index < -0.39 is 54.6 Å². The van der Waals surface area contributed by atoms with Gasteiger partial charge in [0.15, 0.2) is 18.5 Å². The van der Waals surface area contributed by atoms with Gasteiger partial charge in [-0.15, -0.1) is 0 Å². The van der Waals surface area contributed by atoms with E-state index in [9.17, 15) is 24.3 Å². The van der Waals surface area contributed by atoms with Gasteiger partial charge in [-0.3, -0.25) is 14.4 Å². The lowest BCUT2D eigenvalue weighted by Gasteiger charge is -2.43. The number of carbonyl (C=O) groups is 4. The summed E-state index contributed by atoms with van der Waals surface area (Å²) in [4.78, 5) is 46.8. The van der Waals surface area contributed by atoms with E-state index in [2.05, 4.69) is 10.6 Å². The SMILES string of the molecule is CC(=O)OC[C@H]1O[C@H](O)[C@H](NC(=O)Nc2ccccc2)[C@@H](OC(C)=O)[C@@H]1OC(C)=O. The van der Waals surface area contributed by atoms with Gasteiger partial charge >= 0.3 is 23.9 Å². The van der Waals surface area contributed by atoms with E-state index in [1.165, 1.54) is 6.92 Å². The van der Waals surface area contributed by atoms with Crippen LogP contribution in [0.4, 0.5) is 10.5 Å². The first kappa shape index (κ1) is 23.1. The molecule has 3 N–H and O–H groups in total. The summed E-state index contributed by atoms with van der Waals surface area (Å²) in [5.74, 6) is -2.09. The predicted octanol–water partition coefficient (Wildman–Crippen LogP) is 0.320. The normalized spacial score (nSPS) is 25.5. The van der Waals surface area contributed by atoms with Crippen LogP contribution in [-0.4, -0.2) is 66.3 Å². The van der Waals surface area contributed by atoms with E-state index in [0.29, 0.717) is 5.69 Å². The number of hydrogen-bond donors (Lipinski definition) is 3. The van der Waals surface area contributed by atoms with Crippen molar-refractivity contribution >= 4 is 29.6 Å². The third-order valence-electron chi connectivity index (χ3n) is 4.05. The largest absolute Gasteiger partial charge is 0.463 e. The Balaban J connectivity index is 2.23. The highest BCUT2D eigenvalue weighted by Crippen LogP contribution is 2.26. The topological polar surface area (TPSA) is 149 Å². The van der Waals surface area contributed by atoms with Gasteiger partial charge < -0.3 is 34.7 Å². The fraction of sp³-hybridized carbons (Fsp3) is 0.474. The van der Waals surface area contributed by atoms with Crippen LogP contribution in [0.5, 0.6) is 0 Å². The van der Waals surface area contributed by atoms with Crippen LogP contribution >= 0.6 is 0 Å². The molecule has 11 heteroatoms. The van der Waals surface area contributed by atoms with Gasteiger partial charge in [-0.1, -0.05) is 18.2 Å². The summed E-state index contributed by atoms with van der Waals surface area (Å²) in [7, 11) is 0. The van der Waals surface area contributed by atoms with Crippen molar-refractivity contribution in [2.75, 3.05) is 11.9 Å². The molecule has 2 amide bonds. The number of ether oxygens (including phenoxy) is 4. The molecule has 164 valence electrons. The number of carbonyl (C=O) groups excluding carboxylic acids is 4. The van der Waals surface area contributed by atoms with Gasteiger partial charge in [-0.25, -0.2) is 4.79 Å². The van der Waals surface area contributed by atoms with Gasteiger partial charge in [0.25, 0.3) is 0 Å². The molecule has 1 heterocycles. The number of hydrogen-bond acceptors (Lipinski definition) is 9. The summed E-state index contributed by atoms with van der Waals surface area (Å²) in [5, 5.41) is 15.4. The van der Waals surface area contributed by atoms with Crippen LogP contribution in [0, 0.1) is 0 Å². The molecule has 0 spiro atoms. The molecule has 0 radical (unpaired) electrons. The minimum absolute atomic E-state index is 0.370. The molecule has 1 fully saturated rings. The zero-order valence-corrected chi connectivity index (χ0v) is 16.7. The van der Waals surface area contributed by atoms with Gasteiger partial charge in [0.2, 0.25) is 0 Å². The summed E-state index contributed by atoms with van der Waals surface area (Å²) in [6, 6.07) is 6.49. The number of para-hydroxylation sites is 1. The third-order valence-corrected chi connectivity index (χ3v) is 4.05. The molecule has 11 nitrogen and oxygen atoms in total. The molecule has 2 rings (SSSR count). The van der Waals surface area contributed by atoms with Crippen molar-refractivity contribution in [2.24, 2.45) is 0 Å². The smallest absolute Gasteiger partial charge is 0.319 e. The van der Waals surface area contributed by atoms with Gasteiger partial charge in [-0.05, 0) is 12.1 Å². The molecule has 1 aliphatic heterocycles. The molecule has 1 aliphatic rings. The maximum absolute atomic E-state index is 12.4. The Morgan fingerprint density at radius 2 is 1.57 bits per heavy atom. The van der Waals surface area contributed by atoms with Crippen LogP contribution in [0.2, 0.25) is 0 Å². The number of urea groups is 1. The molecule has 0 saturated carbocycles. The number of esters is 3. The Labute approximate surface area is 172 Å². The fourth-order valence-electron chi connectivity index (χ4n) is 2.91. The molecule has 0 aliphatic carbocycles. The summed E-state index contributed by atoms with van der Waals surface area (Å²) < 4.78 is 20.7. The quantitative estimate of drug-likeness (QED) is 0.433. The summed E-state index contributed by atoms with van der Waals surface area (Å²) in [5.41, 5.74) is 0.481. The first-order chi connectivity index (χ1) is 14.2. The molecule has 1 aromatic carbocycles. The zero-order chi connectivity index (χ0) is 22.3. The highest BCUT2D eigenvalue weighted by molar-refractivity contribution is 5.89. The van der Waals surface area contributed by atoms with Gasteiger partial charge in [0.05, 0.1) is 0 Å². The van der Waals surface area contributed by atoms with Crippen molar-refractivity contribution in [3.63, 3.8) is 0 Å². The number of nitrogens with one attached hydrogen (secondary N) is 2. The van der Waals surface area contributed by atoms with Crippen molar-refractivity contribution in [1.29, 1.82) is 0 Å². The zero-order valence-electron chi connectivity index (χ0n) is 16.7. The predicted molar refractivity (Wildman–Crippen MR) is 101 cm³/mol. The highest BCUT2D eigenvalue weighted by Gasteiger charge is 2.50. The van der Waals surface area contributed by atoms with Crippen molar-refractivity contribution < 1.29 is 43.2 Å². The van der Waals surface area contributed by atoms with Crippen LogP contribution in [0.25, 0.3) is 0 Å². The van der Waals surface area contributed by atoms with E-state index in [-0.39, 0.29) is 6.61 Å². The summed E-state index contributed by atoms with van der Waals surface area (Å²) in [6.07, 6.45) is -5.34. The first-order valence-electron chi connectivity index (χ1n) is 9.11. The van der Waals surface area contributed by atoms with E-state index >= 15 is 0 Å². The Hall–Kier alpha value is -3.18. The number of benzene rings is 1.